The highest BCUT2D eigenvalue weighted by molar-refractivity contribution is 9.10. The molecule has 3 aromatic rings. The summed E-state index contributed by atoms with van der Waals surface area (Å²) in [5.41, 5.74) is 2.97. The van der Waals surface area contributed by atoms with Crippen molar-refractivity contribution < 1.29 is 10.0 Å². The Labute approximate surface area is 165 Å². The SMILES string of the molecule is O=C(/C=C/c1cccn(CCCc2ccc3cc(Br)ccc3c2)c1=O)NO. The number of halogens is 1. The van der Waals surface area contributed by atoms with Crippen molar-refractivity contribution in [3.05, 3.63) is 86.8 Å². The van der Waals surface area contributed by atoms with Crippen LogP contribution >= 0.6 is 15.9 Å². The predicted molar refractivity (Wildman–Crippen MR) is 110 cm³/mol. The van der Waals surface area contributed by atoms with Gasteiger partial charge in [-0.25, -0.2) is 5.48 Å². The van der Waals surface area contributed by atoms with Gasteiger partial charge in [-0.05, 0) is 59.5 Å². The van der Waals surface area contributed by atoms with Gasteiger partial charge in [0.05, 0.1) is 0 Å². The molecule has 0 aliphatic carbocycles. The van der Waals surface area contributed by atoms with E-state index in [9.17, 15) is 9.59 Å². The molecule has 6 heteroatoms. The first-order chi connectivity index (χ1) is 13.1. The van der Waals surface area contributed by atoms with E-state index < -0.39 is 5.91 Å². The molecule has 1 amide bonds. The topological polar surface area (TPSA) is 71.3 Å². The third-order valence-corrected chi connectivity index (χ3v) is 4.80. The summed E-state index contributed by atoms with van der Waals surface area (Å²) >= 11 is 3.48. The molecule has 0 saturated heterocycles. The fourth-order valence-corrected chi connectivity index (χ4v) is 3.31. The van der Waals surface area contributed by atoms with E-state index in [0.29, 0.717) is 12.1 Å². The number of amides is 1. The summed E-state index contributed by atoms with van der Waals surface area (Å²) in [6, 6.07) is 16.0. The summed E-state index contributed by atoms with van der Waals surface area (Å²) in [6.45, 7) is 0.588. The van der Waals surface area contributed by atoms with Gasteiger partial charge in [-0.1, -0.05) is 40.2 Å². The average molecular weight is 427 g/mol. The van der Waals surface area contributed by atoms with E-state index in [-0.39, 0.29) is 5.56 Å². The van der Waals surface area contributed by atoms with Gasteiger partial charge in [0.15, 0.2) is 0 Å². The molecule has 2 N–H and O–H groups in total. The standard InChI is InChI=1S/C21H19BrN2O3/c22-19-9-7-17-13-15(5-6-18(17)14-19)3-1-11-24-12-2-4-16(21(24)26)8-10-20(25)23-27/h2,4-10,12-14,27H,1,3,11H2,(H,23,25)/b10-8+. The maximum atomic E-state index is 12.4. The lowest BCUT2D eigenvalue weighted by atomic mass is 10.0. The Balaban J connectivity index is 1.67. The summed E-state index contributed by atoms with van der Waals surface area (Å²) in [5, 5.41) is 10.9. The first kappa shape index (κ1) is 19.1. The third-order valence-electron chi connectivity index (χ3n) is 4.31. The van der Waals surface area contributed by atoms with Gasteiger partial charge in [-0.2, -0.15) is 0 Å². The molecule has 0 atom stereocenters. The molecule has 1 heterocycles. The summed E-state index contributed by atoms with van der Waals surface area (Å²) in [6.07, 6.45) is 5.95. The number of aryl methyl sites for hydroxylation is 2. The Morgan fingerprint density at radius 2 is 1.93 bits per heavy atom. The Kier molecular flexibility index (Phi) is 6.21. The lowest BCUT2D eigenvalue weighted by molar-refractivity contribution is -0.124. The van der Waals surface area contributed by atoms with Crippen molar-refractivity contribution in [2.24, 2.45) is 0 Å². The lowest BCUT2D eigenvalue weighted by Crippen LogP contribution is -2.22. The van der Waals surface area contributed by atoms with Gasteiger partial charge in [-0.3, -0.25) is 14.8 Å². The van der Waals surface area contributed by atoms with Crippen LogP contribution in [0.5, 0.6) is 0 Å². The number of hydrogen-bond acceptors (Lipinski definition) is 3. The van der Waals surface area contributed by atoms with Crippen LogP contribution in [0.25, 0.3) is 16.8 Å². The normalized spacial score (nSPS) is 11.2. The van der Waals surface area contributed by atoms with Crippen LogP contribution in [0.1, 0.15) is 17.5 Å². The van der Waals surface area contributed by atoms with E-state index in [4.69, 9.17) is 5.21 Å². The maximum Gasteiger partial charge on any atom is 0.267 e. The molecular formula is C21H19BrN2O3. The van der Waals surface area contributed by atoms with Crippen molar-refractivity contribution in [2.45, 2.75) is 19.4 Å². The van der Waals surface area contributed by atoms with E-state index in [0.717, 1.165) is 23.4 Å². The molecule has 0 saturated carbocycles. The second-order valence-electron chi connectivity index (χ2n) is 6.20. The minimum atomic E-state index is -0.673. The minimum Gasteiger partial charge on any atom is -0.315 e. The monoisotopic (exact) mass is 426 g/mol. The molecule has 5 nitrogen and oxygen atoms in total. The highest BCUT2D eigenvalue weighted by Crippen LogP contribution is 2.21. The number of pyridine rings is 1. The molecule has 138 valence electrons. The van der Waals surface area contributed by atoms with Crippen molar-refractivity contribution in [1.82, 2.24) is 10.0 Å². The van der Waals surface area contributed by atoms with Gasteiger partial charge in [-0.15, -0.1) is 0 Å². The molecule has 2 aromatic carbocycles. The number of carbonyl (C=O) groups excluding carboxylic acids is 1. The molecule has 0 aliphatic rings. The van der Waals surface area contributed by atoms with E-state index in [1.54, 1.807) is 22.9 Å². The van der Waals surface area contributed by atoms with Crippen molar-refractivity contribution in [3.63, 3.8) is 0 Å². The number of hydroxylamine groups is 1. The van der Waals surface area contributed by atoms with Crippen LogP contribution in [0.3, 0.4) is 0 Å². The number of benzene rings is 2. The first-order valence-electron chi connectivity index (χ1n) is 8.56. The second-order valence-corrected chi connectivity index (χ2v) is 7.12. The minimum absolute atomic E-state index is 0.164. The van der Waals surface area contributed by atoms with Crippen molar-refractivity contribution in [1.29, 1.82) is 0 Å². The summed E-state index contributed by atoms with van der Waals surface area (Å²) in [4.78, 5) is 23.5. The first-order valence-corrected chi connectivity index (χ1v) is 9.36. The van der Waals surface area contributed by atoms with Gasteiger partial charge in [0.1, 0.15) is 0 Å². The summed E-state index contributed by atoms with van der Waals surface area (Å²) in [7, 11) is 0. The summed E-state index contributed by atoms with van der Waals surface area (Å²) in [5.74, 6) is -0.673. The Hall–Kier alpha value is -2.70. The Morgan fingerprint density at radius 1 is 1.15 bits per heavy atom. The van der Waals surface area contributed by atoms with Gasteiger partial charge >= 0.3 is 0 Å². The molecule has 0 unspecified atom stereocenters. The second kappa shape index (κ2) is 8.79. The predicted octanol–water partition coefficient (Wildman–Crippen LogP) is 3.92. The highest BCUT2D eigenvalue weighted by Gasteiger charge is 2.03. The van der Waals surface area contributed by atoms with Crippen molar-refractivity contribution >= 4 is 38.7 Å². The fourth-order valence-electron chi connectivity index (χ4n) is 2.94. The molecule has 0 spiro atoms. The fraction of sp³-hybridized carbons (Fsp3) is 0.143. The van der Waals surface area contributed by atoms with E-state index in [2.05, 4.69) is 46.3 Å². The van der Waals surface area contributed by atoms with Gasteiger partial charge < -0.3 is 4.57 Å². The van der Waals surface area contributed by atoms with Gasteiger partial charge in [0.25, 0.3) is 11.5 Å². The Bertz CT molecular complexity index is 1060. The molecule has 0 aliphatic heterocycles. The number of carbonyl (C=O) groups is 1. The van der Waals surface area contributed by atoms with Crippen LogP contribution in [0, 0.1) is 0 Å². The third kappa shape index (κ3) is 4.93. The number of rotatable bonds is 6. The quantitative estimate of drug-likeness (QED) is 0.356. The van der Waals surface area contributed by atoms with Gasteiger partial charge in [0.2, 0.25) is 0 Å². The molecule has 27 heavy (non-hydrogen) atoms. The smallest absolute Gasteiger partial charge is 0.267 e. The molecule has 0 bridgehead atoms. The van der Waals surface area contributed by atoms with Crippen LogP contribution in [-0.4, -0.2) is 15.7 Å². The molecule has 1 aromatic heterocycles. The lowest BCUT2D eigenvalue weighted by Gasteiger charge is -2.08. The molecule has 3 rings (SSSR count). The van der Waals surface area contributed by atoms with Crippen LogP contribution < -0.4 is 11.0 Å². The number of aromatic nitrogens is 1. The van der Waals surface area contributed by atoms with Crippen LogP contribution in [0.15, 0.2) is 70.1 Å². The molecular weight excluding hydrogens is 408 g/mol. The molecule has 0 radical (unpaired) electrons. The van der Waals surface area contributed by atoms with Gasteiger partial charge in [0, 0.05) is 28.9 Å². The van der Waals surface area contributed by atoms with E-state index in [1.807, 2.05) is 6.07 Å². The zero-order chi connectivity index (χ0) is 19.2. The summed E-state index contributed by atoms with van der Waals surface area (Å²) < 4.78 is 2.70. The van der Waals surface area contributed by atoms with Crippen molar-refractivity contribution in [2.75, 3.05) is 0 Å². The Morgan fingerprint density at radius 3 is 2.74 bits per heavy atom. The number of hydrogen-bond donors (Lipinski definition) is 2. The van der Waals surface area contributed by atoms with E-state index in [1.165, 1.54) is 27.9 Å². The number of nitrogens with one attached hydrogen (secondary N) is 1. The van der Waals surface area contributed by atoms with Crippen LogP contribution in [-0.2, 0) is 17.8 Å². The van der Waals surface area contributed by atoms with Crippen molar-refractivity contribution in [3.8, 4) is 0 Å². The average Bonchev–Trinajstić information content (AvgIpc) is 2.68. The number of fused-ring (bicyclic) bond motifs is 1. The molecule has 0 fully saturated rings. The van der Waals surface area contributed by atoms with Crippen LogP contribution in [0.2, 0.25) is 0 Å². The highest BCUT2D eigenvalue weighted by atomic mass is 79.9. The maximum absolute atomic E-state index is 12.4. The zero-order valence-electron chi connectivity index (χ0n) is 14.6. The van der Waals surface area contributed by atoms with E-state index >= 15 is 0 Å². The number of nitrogens with zero attached hydrogens (tertiary/aromatic N) is 1. The largest absolute Gasteiger partial charge is 0.315 e. The zero-order valence-corrected chi connectivity index (χ0v) is 16.1. The van der Waals surface area contributed by atoms with Crippen LogP contribution in [0.4, 0.5) is 0 Å².